The van der Waals surface area contributed by atoms with Crippen molar-refractivity contribution in [3.8, 4) is 28.7 Å². The van der Waals surface area contributed by atoms with Crippen molar-refractivity contribution in [1.29, 1.82) is 0 Å². The number of benzene rings is 4. The number of fused-ring (bicyclic) bond motifs is 1. The lowest BCUT2D eigenvalue weighted by molar-refractivity contribution is -0.138. The molecular weight excluding hydrogens is 498 g/mol. The number of carbonyl (C=O) groups is 2. The van der Waals surface area contributed by atoms with E-state index in [1.165, 1.54) is 0 Å². The fourth-order valence-corrected chi connectivity index (χ4v) is 3.61. The summed E-state index contributed by atoms with van der Waals surface area (Å²) < 4.78 is 28.8. The highest BCUT2D eigenvalue weighted by molar-refractivity contribution is 5.96. The van der Waals surface area contributed by atoms with Gasteiger partial charge < -0.3 is 29.0 Å². The third kappa shape index (κ3) is 7.52. The summed E-state index contributed by atoms with van der Waals surface area (Å²) in [6.07, 6.45) is -1.67. The Kier molecular flexibility index (Phi) is 9.03. The molecule has 0 bridgehead atoms. The van der Waals surface area contributed by atoms with Gasteiger partial charge >= 0.3 is 12.1 Å². The molecule has 8 nitrogen and oxygen atoms in total. The van der Waals surface area contributed by atoms with Crippen LogP contribution in [0.5, 0.6) is 28.7 Å². The second-order valence-electron chi connectivity index (χ2n) is 8.51. The number of hydrogen-bond donors (Lipinski definition) is 1. The number of rotatable bonds is 11. The Morgan fingerprint density at radius 2 is 1.41 bits per heavy atom. The van der Waals surface area contributed by atoms with Crippen molar-refractivity contribution >= 4 is 22.8 Å². The standard InChI is InChI=1S/C31H29NO7/c1-21(2)30(33)35-19-18-32-31(34)37-22(3)36-27-20-28(38-23-12-6-4-7-13-23)29(26-17-11-10-16-25(26)27)39-24-14-8-5-9-15-24/h4-17,20,22H,1,18-19H2,2-3H3,(H,32,34). The van der Waals surface area contributed by atoms with E-state index in [4.69, 9.17) is 23.7 Å². The molecular formula is C31H29NO7. The minimum Gasteiger partial charge on any atom is -0.460 e. The van der Waals surface area contributed by atoms with Crippen LogP contribution in [0.2, 0.25) is 0 Å². The van der Waals surface area contributed by atoms with E-state index in [0.29, 0.717) is 28.7 Å². The summed E-state index contributed by atoms with van der Waals surface area (Å²) >= 11 is 0. The van der Waals surface area contributed by atoms with Gasteiger partial charge in [0.2, 0.25) is 6.29 Å². The maximum absolute atomic E-state index is 12.2. The minimum absolute atomic E-state index is 0.0102. The van der Waals surface area contributed by atoms with Gasteiger partial charge in [-0.1, -0.05) is 67.2 Å². The van der Waals surface area contributed by atoms with Gasteiger partial charge in [0, 0.05) is 29.3 Å². The predicted molar refractivity (Wildman–Crippen MR) is 147 cm³/mol. The zero-order valence-corrected chi connectivity index (χ0v) is 21.7. The number of ether oxygens (including phenoxy) is 5. The van der Waals surface area contributed by atoms with Gasteiger partial charge in [0.1, 0.15) is 23.9 Å². The van der Waals surface area contributed by atoms with Gasteiger partial charge in [0.15, 0.2) is 11.5 Å². The van der Waals surface area contributed by atoms with Crippen molar-refractivity contribution in [3.63, 3.8) is 0 Å². The van der Waals surface area contributed by atoms with Crippen molar-refractivity contribution < 1.29 is 33.3 Å². The Hall–Kier alpha value is -4.98. The summed E-state index contributed by atoms with van der Waals surface area (Å²) in [6, 6.07) is 28.0. The van der Waals surface area contributed by atoms with E-state index < -0.39 is 18.4 Å². The van der Waals surface area contributed by atoms with Crippen LogP contribution in [0.15, 0.2) is 103 Å². The van der Waals surface area contributed by atoms with E-state index in [2.05, 4.69) is 11.9 Å². The smallest absolute Gasteiger partial charge is 0.410 e. The largest absolute Gasteiger partial charge is 0.460 e. The molecule has 0 aliphatic rings. The summed E-state index contributed by atoms with van der Waals surface area (Å²) in [5.41, 5.74) is 0.280. The number of nitrogens with one attached hydrogen (secondary N) is 1. The maximum atomic E-state index is 12.2. The third-order valence-corrected chi connectivity index (χ3v) is 5.38. The lowest BCUT2D eigenvalue weighted by atomic mass is 10.1. The molecule has 4 rings (SSSR count). The number of amides is 1. The lowest BCUT2D eigenvalue weighted by Gasteiger charge is -2.20. The molecule has 0 fully saturated rings. The monoisotopic (exact) mass is 527 g/mol. The highest BCUT2D eigenvalue weighted by atomic mass is 16.7. The van der Waals surface area contributed by atoms with Crippen LogP contribution in [0.25, 0.3) is 10.8 Å². The lowest BCUT2D eigenvalue weighted by Crippen LogP contribution is -2.32. The highest BCUT2D eigenvalue weighted by Gasteiger charge is 2.20. The molecule has 4 aromatic carbocycles. The molecule has 4 aromatic rings. The van der Waals surface area contributed by atoms with Crippen molar-refractivity contribution in [2.24, 2.45) is 0 Å². The SMILES string of the molecule is C=C(C)C(=O)OCCNC(=O)OC(C)Oc1cc(Oc2ccccc2)c(Oc2ccccc2)c2ccccc12. The van der Waals surface area contributed by atoms with E-state index in [1.54, 1.807) is 19.9 Å². The Morgan fingerprint density at radius 3 is 2.05 bits per heavy atom. The van der Waals surface area contributed by atoms with Crippen LogP contribution in [-0.4, -0.2) is 31.5 Å². The first-order valence-corrected chi connectivity index (χ1v) is 12.4. The molecule has 8 heteroatoms. The van der Waals surface area contributed by atoms with Crippen LogP contribution < -0.4 is 19.5 Å². The average molecular weight is 528 g/mol. The van der Waals surface area contributed by atoms with Crippen LogP contribution >= 0.6 is 0 Å². The average Bonchev–Trinajstić information content (AvgIpc) is 2.94. The quantitative estimate of drug-likeness (QED) is 0.0972. The maximum Gasteiger partial charge on any atom is 0.410 e. The molecule has 1 unspecified atom stereocenters. The first kappa shape index (κ1) is 27.1. The molecule has 0 radical (unpaired) electrons. The Bertz CT molecular complexity index is 1440. The second-order valence-corrected chi connectivity index (χ2v) is 8.51. The zero-order chi connectivity index (χ0) is 27.6. The Labute approximate surface area is 226 Å². The van der Waals surface area contributed by atoms with Crippen molar-refractivity contribution in [3.05, 3.63) is 103 Å². The fourth-order valence-electron chi connectivity index (χ4n) is 3.61. The van der Waals surface area contributed by atoms with E-state index in [-0.39, 0.29) is 18.7 Å². The number of para-hydroxylation sites is 2. The van der Waals surface area contributed by atoms with Gasteiger partial charge in [0.25, 0.3) is 0 Å². The number of alkyl carbamates (subject to hydrolysis) is 1. The summed E-state index contributed by atoms with van der Waals surface area (Å²) in [5, 5.41) is 4.01. The molecule has 39 heavy (non-hydrogen) atoms. The van der Waals surface area contributed by atoms with E-state index in [0.717, 1.165) is 10.8 Å². The van der Waals surface area contributed by atoms with Crippen molar-refractivity contribution in [1.82, 2.24) is 5.32 Å². The van der Waals surface area contributed by atoms with E-state index >= 15 is 0 Å². The van der Waals surface area contributed by atoms with Crippen LogP contribution in [0.1, 0.15) is 13.8 Å². The van der Waals surface area contributed by atoms with Gasteiger partial charge in [-0.15, -0.1) is 0 Å². The third-order valence-electron chi connectivity index (χ3n) is 5.38. The molecule has 0 aliphatic heterocycles. The Balaban J connectivity index is 1.55. The van der Waals surface area contributed by atoms with E-state index in [1.807, 2.05) is 84.9 Å². The number of hydrogen-bond acceptors (Lipinski definition) is 7. The molecule has 1 N–H and O–H groups in total. The first-order valence-electron chi connectivity index (χ1n) is 12.4. The van der Waals surface area contributed by atoms with Gasteiger partial charge in [-0.2, -0.15) is 0 Å². The minimum atomic E-state index is -0.947. The molecule has 0 saturated carbocycles. The topological polar surface area (TPSA) is 92.3 Å². The number of carbonyl (C=O) groups excluding carboxylic acids is 2. The molecule has 0 aliphatic carbocycles. The predicted octanol–water partition coefficient (Wildman–Crippen LogP) is 6.99. The van der Waals surface area contributed by atoms with Crippen LogP contribution in [0.4, 0.5) is 4.79 Å². The summed E-state index contributed by atoms with van der Waals surface area (Å²) in [5.74, 6) is 2.12. The van der Waals surface area contributed by atoms with Gasteiger partial charge in [-0.3, -0.25) is 0 Å². The molecule has 1 atom stereocenters. The molecule has 0 saturated heterocycles. The van der Waals surface area contributed by atoms with Gasteiger partial charge in [-0.25, -0.2) is 9.59 Å². The fraction of sp³-hybridized carbons (Fsp3) is 0.161. The molecule has 0 spiro atoms. The highest BCUT2D eigenvalue weighted by Crippen LogP contribution is 2.45. The molecule has 0 heterocycles. The Morgan fingerprint density at radius 1 is 0.821 bits per heavy atom. The summed E-state index contributed by atoms with van der Waals surface area (Å²) in [6.45, 7) is 6.72. The van der Waals surface area contributed by atoms with Crippen molar-refractivity contribution in [2.75, 3.05) is 13.2 Å². The normalized spacial score (nSPS) is 11.2. The van der Waals surface area contributed by atoms with Crippen molar-refractivity contribution in [2.45, 2.75) is 20.1 Å². The molecule has 0 aromatic heterocycles. The summed E-state index contributed by atoms with van der Waals surface area (Å²) in [4.78, 5) is 23.7. The zero-order valence-electron chi connectivity index (χ0n) is 21.7. The van der Waals surface area contributed by atoms with Crippen LogP contribution in [0.3, 0.4) is 0 Å². The van der Waals surface area contributed by atoms with E-state index in [9.17, 15) is 9.59 Å². The van der Waals surface area contributed by atoms with Gasteiger partial charge in [0.05, 0.1) is 6.54 Å². The van der Waals surface area contributed by atoms with Crippen LogP contribution in [-0.2, 0) is 14.3 Å². The van der Waals surface area contributed by atoms with Crippen LogP contribution in [0, 0.1) is 0 Å². The second kappa shape index (κ2) is 13.0. The first-order chi connectivity index (χ1) is 18.9. The number of esters is 1. The van der Waals surface area contributed by atoms with Gasteiger partial charge in [-0.05, 0) is 31.2 Å². The molecule has 200 valence electrons. The molecule has 1 amide bonds. The summed E-state index contributed by atoms with van der Waals surface area (Å²) in [7, 11) is 0.